The highest BCUT2D eigenvalue weighted by Crippen LogP contribution is 2.20. The lowest BCUT2D eigenvalue weighted by molar-refractivity contribution is -0.384. The van der Waals surface area contributed by atoms with Gasteiger partial charge in [0.05, 0.1) is 23.1 Å². The summed E-state index contributed by atoms with van der Waals surface area (Å²) in [5.74, 6) is -0.232. The lowest BCUT2D eigenvalue weighted by Crippen LogP contribution is -2.38. The van der Waals surface area contributed by atoms with Crippen LogP contribution in [0.1, 0.15) is 12.8 Å². The lowest BCUT2D eigenvalue weighted by atomic mass is 9.97. The quantitative estimate of drug-likeness (QED) is 0.523. The van der Waals surface area contributed by atoms with Gasteiger partial charge in [0.15, 0.2) is 0 Å². The van der Waals surface area contributed by atoms with Gasteiger partial charge < -0.3 is 10.6 Å². The van der Waals surface area contributed by atoms with Crippen LogP contribution in [0.2, 0.25) is 0 Å². The third kappa shape index (κ3) is 3.71. The average molecular weight is 304 g/mol. The highest BCUT2D eigenvalue weighted by Gasteiger charge is 2.32. The van der Waals surface area contributed by atoms with Crippen molar-refractivity contribution in [2.45, 2.75) is 25.0 Å². The molecule has 3 atom stereocenters. The Morgan fingerprint density at radius 2 is 2.09 bits per heavy atom. The van der Waals surface area contributed by atoms with Crippen molar-refractivity contribution in [1.82, 2.24) is 10.9 Å². The molecule has 1 aliphatic rings. The Hall–Kier alpha value is -2.21. The molecule has 1 aromatic carbocycles. The molecule has 1 heterocycles. The second-order valence-electron chi connectivity index (χ2n) is 5.41. The first-order valence-electron chi connectivity index (χ1n) is 7.15. The van der Waals surface area contributed by atoms with Gasteiger partial charge in [-0.15, -0.1) is 0 Å². The molecule has 1 fully saturated rings. The summed E-state index contributed by atoms with van der Waals surface area (Å²) < 4.78 is 0. The monoisotopic (exact) mass is 304 g/mol. The molecule has 1 saturated heterocycles. The summed E-state index contributed by atoms with van der Waals surface area (Å²) in [6, 6.07) is 8.74. The van der Waals surface area contributed by atoms with E-state index in [-0.39, 0.29) is 23.8 Å². The van der Waals surface area contributed by atoms with Crippen molar-refractivity contribution in [2.75, 3.05) is 18.5 Å². The van der Waals surface area contributed by atoms with Gasteiger partial charge in [-0.05, 0) is 25.0 Å². The summed E-state index contributed by atoms with van der Waals surface area (Å²) >= 11 is 0. The number of nitrogens with two attached hydrogens (primary N) is 1. The Labute approximate surface area is 129 Å². The van der Waals surface area contributed by atoms with Gasteiger partial charge >= 0.3 is 0 Å². The second-order valence-corrected chi connectivity index (χ2v) is 5.41. The molecule has 2 rings (SSSR count). The normalized spacial score (nSPS) is 24.0. The van der Waals surface area contributed by atoms with Gasteiger partial charge in [-0.1, -0.05) is 0 Å². The molecule has 8 heteroatoms. The van der Waals surface area contributed by atoms with Crippen LogP contribution in [0.25, 0.3) is 0 Å². The van der Waals surface area contributed by atoms with Crippen molar-refractivity contribution in [2.24, 2.45) is 11.7 Å². The third-order valence-corrected chi connectivity index (χ3v) is 3.91. The van der Waals surface area contributed by atoms with Gasteiger partial charge in [0.25, 0.3) is 5.69 Å². The topological polar surface area (TPSA) is 120 Å². The number of rotatable bonds is 6. The zero-order chi connectivity index (χ0) is 16.1. The van der Waals surface area contributed by atoms with Gasteiger partial charge in [-0.25, -0.2) is 5.43 Å². The van der Waals surface area contributed by atoms with Crippen LogP contribution in [0.15, 0.2) is 24.3 Å². The molecule has 4 N–H and O–H groups in total. The summed E-state index contributed by atoms with van der Waals surface area (Å²) in [6.45, 7) is 0.795. The number of nitro benzene ring substituents is 1. The summed E-state index contributed by atoms with van der Waals surface area (Å²) in [6.07, 6.45) is 1.39. The highest BCUT2D eigenvalue weighted by molar-refractivity contribution is 5.50. The first kappa shape index (κ1) is 16.2. The van der Waals surface area contributed by atoms with E-state index in [2.05, 4.69) is 16.9 Å². The van der Waals surface area contributed by atoms with Crippen molar-refractivity contribution in [3.63, 3.8) is 0 Å². The Morgan fingerprint density at radius 1 is 1.41 bits per heavy atom. The van der Waals surface area contributed by atoms with E-state index < -0.39 is 4.92 Å². The van der Waals surface area contributed by atoms with Crippen molar-refractivity contribution in [3.05, 3.63) is 34.4 Å². The molecule has 0 spiro atoms. The standard InChI is InChI=1S/C14H20N6O2/c1-19(10-4-6-11(7-5-10)20(21)22)8-2-3-13-12(9-15)14(16)18-17-13/h4-7,12-14,17-18H,2-3,8,16H2,1H3. The SMILES string of the molecule is CN(CCCC1NNC(N)C1C#N)c1ccc([N+](=O)[O-])cc1. The Kier molecular flexibility index (Phi) is 5.27. The molecule has 0 aromatic heterocycles. The molecule has 22 heavy (non-hydrogen) atoms. The summed E-state index contributed by atoms with van der Waals surface area (Å²) in [4.78, 5) is 12.3. The maximum absolute atomic E-state index is 10.6. The number of nitrogens with zero attached hydrogens (tertiary/aromatic N) is 3. The van der Waals surface area contributed by atoms with Crippen LogP contribution in [-0.4, -0.2) is 30.7 Å². The predicted molar refractivity (Wildman–Crippen MR) is 82.7 cm³/mol. The maximum Gasteiger partial charge on any atom is 0.269 e. The first-order valence-corrected chi connectivity index (χ1v) is 7.15. The number of non-ortho nitro benzene ring substituents is 1. The lowest BCUT2D eigenvalue weighted by Gasteiger charge is -2.20. The minimum Gasteiger partial charge on any atom is -0.375 e. The van der Waals surface area contributed by atoms with Crippen LogP contribution in [0.4, 0.5) is 11.4 Å². The Bertz CT molecular complexity index is 555. The fraction of sp³-hybridized carbons (Fsp3) is 0.500. The number of hydrogen-bond donors (Lipinski definition) is 3. The van der Waals surface area contributed by atoms with E-state index in [9.17, 15) is 10.1 Å². The van der Waals surface area contributed by atoms with Gasteiger partial charge in [-0.2, -0.15) is 5.26 Å². The van der Waals surface area contributed by atoms with E-state index in [4.69, 9.17) is 11.0 Å². The molecule has 1 aromatic rings. The van der Waals surface area contributed by atoms with E-state index in [1.807, 2.05) is 11.9 Å². The van der Waals surface area contributed by atoms with Crippen molar-refractivity contribution in [1.29, 1.82) is 5.26 Å². The zero-order valence-electron chi connectivity index (χ0n) is 12.4. The largest absolute Gasteiger partial charge is 0.375 e. The van der Waals surface area contributed by atoms with E-state index in [1.54, 1.807) is 12.1 Å². The van der Waals surface area contributed by atoms with Crippen LogP contribution in [0.3, 0.4) is 0 Å². The van der Waals surface area contributed by atoms with Crippen LogP contribution in [-0.2, 0) is 0 Å². The summed E-state index contributed by atoms with van der Waals surface area (Å²) in [5, 5.41) is 19.7. The summed E-state index contributed by atoms with van der Waals surface area (Å²) in [7, 11) is 1.94. The molecule has 0 amide bonds. The molecule has 0 aliphatic carbocycles. The number of nitriles is 1. The second kappa shape index (κ2) is 7.17. The fourth-order valence-electron chi connectivity index (χ4n) is 2.56. The minimum absolute atomic E-state index is 0.0465. The van der Waals surface area contributed by atoms with E-state index >= 15 is 0 Å². The highest BCUT2D eigenvalue weighted by atomic mass is 16.6. The molecular formula is C14H20N6O2. The third-order valence-electron chi connectivity index (χ3n) is 3.91. The van der Waals surface area contributed by atoms with Crippen molar-refractivity contribution < 1.29 is 4.92 Å². The molecule has 118 valence electrons. The minimum atomic E-state index is -0.409. The van der Waals surface area contributed by atoms with E-state index in [0.717, 1.165) is 25.1 Å². The Balaban J connectivity index is 1.82. The number of benzene rings is 1. The van der Waals surface area contributed by atoms with Gasteiger partial charge in [0, 0.05) is 37.5 Å². The predicted octanol–water partition coefficient (Wildman–Crippen LogP) is 0.712. The molecular weight excluding hydrogens is 284 g/mol. The van der Waals surface area contributed by atoms with E-state index in [1.165, 1.54) is 12.1 Å². The fourth-order valence-corrected chi connectivity index (χ4v) is 2.56. The van der Waals surface area contributed by atoms with Gasteiger partial charge in [0.1, 0.15) is 0 Å². The maximum atomic E-state index is 10.6. The molecule has 1 aliphatic heterocycles. The average Bonchev–Trinajstić information content (AvgIpc) is 2.87. The van der Waals surface area contributed by atoms with Crippen molar-refractivity contribution in [3.8, 4) is 6.07 Å². The molecule has 0 radical (unpaired) electrons. The van der Waals surface area contributed by atoms with Crippen LogP contribution in [0, 0.1) is 27.4 Å². The molecule has 3 unspecified atom stereocenters. The van der Waals surface area contributed by atoms with Crippen LogP contribution < -0.4 is 21.5 Å². The van der Waals surface area contributed by atoms with Crippen LogP contribution >= 0.6 is 0 Å². The molecule has 8 nitrogen and oxygen atoms in total. The summed E-state index contributed by atoms with van der Waals surface area (Å²) in [5.41, 5.74) is 12.7. The molecule has 0 bridgehead atoms. The number of hydrogen-bond acceptors (Lipinski definition) is 7. The van der Waals surface area contributed by atoms with Crippen molar-refractivity contribution >= 4 is 11.4 Å². The number of anilines is 1. The smallest absolute Gasteiger partial charge is 0.269 e. The van der Waals surface area contributed by atoms with Crippen LogP contribution in [0.5, 0.6) is 0 Å². The zero-order valence-corrected chi connectivity index (χ0v) is 12.4. The first-order chi connectivity index (χ1) is 10.5. The van der Waals surface area contributed by atoms with E-state index in [0.29, 0.717) is 0 Å². The van der Waals surface area contributed by atoms with Gasteiger partial charge in [-0.3, -0.25) is 15.5 Å². The Morgan fingerprint density at radius 3 is 2.68 bits per heavy atom. The number of nitrogens with one attached hydrogen (secondary N) is 2. The number of nitro groups is 1. The number of hydrazine groups is 1. The molecule has 0 saturated carbocycles. The van der Waals surface area contributed by atoms with Gasteiger partial charge in [0.2, 0.25) is 0 Å².